The van der Waals surface area contributed by atoms with Gasteiger partial charge in [0.1, 0.15) is 36.8 Å². The molecule has 2 aliphatic rings. The minimum atomic E-state index is -1.83. The molecule has 0 amide bonds. The highest BCUT2D eigenvalue weighted by Gasteiger charge is 2.53. The highest BCUT2D eigenvalue weighted by Crippen LogP contribution is 2.33. The molecule has 0 saturated carbocycles. The number of ether oxygens (including phenoxy) is 9. The Labute approximate surface area is 252 Å². The zero-order chi connectivity index (χ0) is 32.6. The maximum Gasteiger partial charge on any atom is 0.338 e. The third kappa shape index (κ3) is 9.33. The van der Waals surface area contributed by atoms with Crippen molar-refractivity contribution in [2.75, 3.05) is 20.3 Å². The minimum absolute atomic E-state index is 0.178. The Morgan fingerprint density at radius 3 is 1.93 bits per heavy atom. The molecule has 1 aromatic rings. The number of aliphatic hydroxyl groups excluding tert-OH is 2. The van der Waals surface area contributed by atoms with Gasteiger partial charge in [-0.05, 0) is 24.3 Å². The van der Waals surface area contributed by atoms with Crippen LogP contribution in [0.5, 0.6) is 5.75 Å². The van der Waals surface area contributed by atoms with E-state index in [2.05, 4.69) is 0 Å². The molecule has 0 radical (unpaired) electrons. The zero-order valence-corrected chi connectivity index (χ0v) is 24.7. The van der Waals surface area contributed by atoms with Gasteiger partial charge in [-0.1, -0.05) is 0 Å². The van der Waals surface area contributed by atoms with Gasteiger partial charge in [-0.25, -0.2) is 4.79 Å². The van der Waals surface area contributed by atoms with E-state index >= 15 is 0 Å². The van der Waals surface area contributed by atoms with E-state index in [0.29, 0.717) is 5.75 Å². The first kappa shape index (κ1) is 34.7. The predicted octanol–water partition coefficient (Wildman–Crippen LogP) is -0.211. The molecular formula is C28H36O16. The normalized spacial score (nSPS) is 29.9. The smallest absolute Gasteiger partial charge is 0.338 e. The van der Waals surface area contributed by atoms with Crippen LogP contribution in [0.2, 0.25) is 0 Å². The van der Waals surface area contributed by atoms with Crippen LogP contribution in [0.1, 0.15) is 44.5 Å². The predicted molar refractivity (Wildman–Crippen MR) is 142 cm³/mol. The van der Waals surface area contributed by atoms with Crippen molar-refractivity contribution in [1.82, 2.24) is 0 Å². The number of hydrogen-bond acceptors (Lipinski definition) is 16. The SMILES string of the molecule is COc1ccc(C(=O)O[C@@H]2C[C@@H](OC(C)=O)[C@H](O[C@H]3[C@H](OC(C)=O)[C@@H](OC(C)=O)[C@H](O)O[C@@H]3COC(C)=O)O[C@@H]2CO)cc1. The van der Waals surface area contributed by atoms with Crippen LogP contribution in [0.4, 0.5) is 0 Å². The second-order valence-electron chi connectivity index (χ2n) is 9.90. The van der Waals surface area contributed by atoms with Crippen molar-refractivity contribution < 1.29 is 76.8 Å². The molecule has 3 rings (SSSR count). The number of esters is 5. The number of benzene rings is 1. The quantitative estimate of drug-likeness (QED) is 0.240. The monoisotopic (exact) mass is 628 g/mol. The molecule has 244 valence electrons. The van der Waals surface area contributed by atoms with E-state index in [4.69, 9.17) is 42.6 Å². The van der Waals surface area contributed by atoms with E-state index in [1.807, 2.05) is 0 Å². The molecular weight excluding hydrogens is 592 g/mol. The van der Waals surface area contributed by atoms with Gasteiger partial charge in [0.2, 0.25) is 0 Å². The number of carbonyl (C=O) groups excluding carboxylic acids is 5. The first-order valence-corrected chi connectivity index (χ1v) is 13.6. The standard InChI is InChI=1S/C28H36O16/c1-13(30)37-12-22-23(24(39-15(3)32)25(27(35)42-22)40-16(4)33)44-28-20(38-14(2)31)10-19(21(11-29)43-28)41-26(34)17-6-8-18(36-5)9-7-17/h6-9,19-25,27-29,35H,10-12H2,1-5H3/t19-,20-,21-,22-,23-,24+,25-,27-,28+/m1/s1. The highest BCUT2D eigenvalue weighted by molar-refractivity contribution is 5.89. The maximum atomic E-state index is 12.9. The Kier molecular flexibility index (Phi) is 12.4. The first-order valence-electron chi connectivity index (χ1n) is 13.6. The van der Waals surface area contributed by atoms with Crippen LogP contribution >= 0.6 is 0 Å². The molecule has 2 N–H and O–H groups in total. The van der Waals surface area contributed by atoms with Crippen LogP contribution in [0, 0.1) is 0 Å². The fraction of sp³-hybridized carbons (Fsp3) is 0.607. The van der Waals surface area contributed by atoms with Crippen molar-refractivity contribution >= 4 is 29.8 Å². The summed E-state index contributed by atoms with van der Waals surface area (Å²) in [6.07, 6.45) is -13.0. The van der Waals surface area contributed by atoms with E-state index < -0.39 is 98.4 Å². The molecule has 0 aromatic heterocycles. The lowest BCUT2D eigenvalue weighted by Crippen LogP contribution is -2.64. The third-order valence-electron chi connectivity index (χ3n) is 6.53. The summed E-state index contributed by atoms with van der Waals surface area (Å²) in [6, 6.07) is 6.07. The van der Waals surface area contributed by atoms with E-state index in [1.54, 1.807) is 12.1 Å². The van der Waals surface area contributed by atoms with Crippen LogP contribution < -0.4 is 4.74 Å². The molecule has 2 fully saturated rings. The molecule has 16 nitrogen and oxygen atoms in total. The topological polar surface area (TPSA) is 209 Å². The molecule has 0 bridgehead atoms. The van der Waals surface area contributed by atoms with E-state index in [9.17, 15) is 34.2 Å². The van der Waals surface area contributed by atoms with Gasteiger partial charge in [0.25, 0.3) is 0 Å². The van der Waals surface area contributed by atoms with Gasteiger partial charge in [0.05, 0.1) is 19.3 Å². The van der Waals surface area contributed by atoms with Crippen LogP contribution in [0.25, 0.3) is 0 Å². The van der Waals surface area contributed by atoms with Gasteiger partial charge in [-0.15, -0.1) is 0 Å². The lowest BCUT2D eigenvalue weighted by molar-refractivity contribution is -0.345. The summed E-state index contributed by atoms with van der Waals surface area (Å²) in [5.41, 5.74) is 0.178. The second kappa shape index (κ2) is 15.8. The fourth-order valence-corrected chi connectivity index (χ4v) is 4.68. The van der Waals surface area contributed by atoms with Gasteiger partial charge in [-0.3, -0.25) is 19.2 Å². The van der Waals surface area contributed by atoms with Gasteiger partial charge in [0, 0.05) is 34.1 Å². The second-order valence-corrected chi connectivity index (χ2v) is 9.90. The van der Waals surface area contributed by atoms with Crippen LogP contribution in [0.3, 0.4) is 0 Å². The molecule has 0 spiro atoms. The number of methoxy groups -OCH3 is 1. The lowest BCUT2D eigenvalue weighted by Gasteiger charge is -2.46. The van der Waals surface area contributed by atoms with Gasteiger partial charge >= 0.3 is 29.8 Å². The zero-order valence-electron chi connectivity index (χ0n) is 24.7. The van der Waals surface area contributed by atoms with Crippen molar-refractivity contribution in [1.29, 1.82) is 0 Å². The Balaban J connectivity index is 1.90. The summed E-state index contributed by atoms with van der Waals surface area (Å²) in [6.45, 7) is 3.20. The number of carbonyl (C=O) groups is 5. The molecule has 9 atom stereocenters. The average molecular weight is 629 g/mol. The average Bonchev–Trinajstić information content (AvgIpc) is 2.95. The van der Waals surface area contributed by atoms with Gasteiger partial charge in [0.15, 0.2) is 30.9 Å². The van der Waals surface area contributed by atoms with E-state index in [1.165, 1.54) is 19.2 Å². The van der Waals surface area contributed by atoms with Crippen molar-refractivity contribution in [3.8, 4) is 5.75 Å². The van der Waals surface area contributed by atoms with Crippen LogP contribution in [-0.2, 0) is 57.1 Å². The molecule has 16 heteroatoms. The molecule has 0 aliphatic carbocycles. The van der Waals surface area contributed by atoms with Gasteiger partial charge < -0.3 is 52.8 Å². The summed E-state index contributed by atoms with van der Waals surface area (Å²) < 4.78 is 49.1. The lowest BCUT2D eigenvalue weighted by atomic mass is 9.97. The Morgan fingerprint density at radius 2 is 1.39 bits per heavy atom. The molecule has 0 unspecified atom stereocenters. The summed E-state index contributed by atoms with van der Waals surface area (Å²) in [4.78, 5) is 60.3. The number of aliphatic hydroxyl groups is 2. The van der Waals surface area contributed by atoms with Crippen LogP contribution in [0.15, 0.2) is 24.3 Å². The van der Waals surface area contributed by atoms with E-state index in [-0.39, 0.29) is 12.0 Å². The highest BCUT2D eigenvalue weighted by atomic mass is 16.7. The summed E-state index contributed by atoms with van der Waals surface area (Å²) in [5.74, 6) is -3.39. The van der Waals surface area contributed by atoms with Gasteiger partial charge in [-0.2, -0.15) is 0 Å². The van der Waals surface area contributed by atoms with Crippen molar-refractivity contribution in [3.63, 3.8) is 0 Å². The molecule has 1 aromatic carbocycles. The number of rotatable bonds is 11. The number of hydrogen-bond donors (Lipinski definition) is 2. The molecule has 2 aliphatic heterocycles. The Bertz CT molecular complexity index is 1170. The molecule has 44 heavy (non-hydrogen) atoms. The third-order valence-corrected chi connectivity index (χ3v) is 6.53. The fourth-order valence-electron chi connectivity index (χ4n) is 4.68. The van der Waals surface area contributed by atoms with Crippen molar-refractivity contribution in [3.05, 3.63) is 29.8 Å². The van der Waals surface area contributed by atoms with Crippen molar-refractivity contribution in [2.24, 2.45) is 0 Å². The summed E-state index contributed by atoms with van der Waals surface area (Å²) >= 11 is 0. The largest absolute Gasteiger partial charge is 0.497 e. The Morgan fingerprint density at radius 1 is 0.773 bits per heavy atom. The first-order chi connectivity index (χ1) is 20.8. The minimum Gasteiger partial charge on any atom is -0.497 e. The summed E-state index contributed by atoms with van der Waals surface area (Å²) in [7, 11) is 1.47. The van der Waals surface area contributed by atoms with Crippen LogP contribution in [-0.4, -0.2) is 116 Å². The van der Waals surface area contributed by atoms with E-state index in [0.717, 1.165) is 27.7 Å². The molecule has 2 heterocycles. The Hall–Kier alpha value is -3.83. The molecule has 2 saturated heterocycles. The van der Waals surface area contributed by atoms with Crippen molar-refractivity contribution in [2.45, 2.75) is 89.4 Å². The summed E-state index contributed by atoms with van der Waals surface area (Å²) in [5, 5.41) is 20.7. The maximum absolute atomic E-state index is 12.9.